The van der Waals surface area contributed by atoms with E-state index in [0.29, 0.717) is 12.5 Å². The number of benzene rings is 1. The lowest BCUT2D eigenvalue weighted by Gasteiger charge is -2.17. The molecule has 0 spiro atoms. The first-order valence-electron chi connectivity index (χ1n) is 7.60. The maximum atomic E-state index is 10.2. The van der Waals surface area contributed by atoms with E-state index in [0.717, 1.165) is 17.7 Å². The van der Waals surface area contributed by atoms with Gasteiger partial charge in [0.15, 0.2) is 0 Å². The van der Waals surface area contributed by atoms with Crippen molar-refractivity contribution in [2.24, 2.45) is 0 Å². The highest BCUT2D eigenvalue weighted by molar-refractivity contribution is 5.26. The third-order valence-corrected chi connectivity index (χ3v) is 3.74. The summed E-state index contributed by atoms with van der Waals surface area (Å²) >= 11 is 0. The Bertz CT molecular complexity index is 517. The fourth-order valence-corrected chi connectivity index (χ4v) is 2.34. The normalized spacial score (nSPS) is 14.3. The molecule has 1 aromatic carbocycles. The van der Waals surface area contributed by atoms with Crippen LogP contribution in [0.25, 0.3) is 0 Å². The van der Waals surface area contributed by atoms with Crippen molar-refractivity contribution in [3.05, 3.63) is 59.5 Å². The van der Waals surface area contributed by atoms with Crippen LogP contribution in [0, 0.1) is 0 Å². The molecule has 0 aliphatic carbocycles. The Hall–Kier alpha value is -1.58. The van der Waals surface area contributed by atoms with E-state index < -0.39 is 6.10 Å². The average molecular weight is 287 g/mol. The maximum Gasteiger partial charge on any atom is 0.105 e. The minimum Gasteiger partial charge on any atom is -0.469 e. The van der Waals surface area contributed by atoms with Crippen molar-refractivity contribution in [3.63, 3.8) is 0 Å². The van der Waals surface area contributed by atoms with Gasteiger partial charge in [-0.2, -0.15) is 0 Å². The van der Waals surface area contributed by atoms with Crippen molar-refractivity contribution in [2.75, 3.05) is 6.54 Å². The van der Waals surface area contributed by atoms with Crippen LogP contribution in [0.4, 0.5) is 0 Å². The second kappa shape index (κ2) is 7.43. The molecule has 2 N–H and O–H groups in total. The second-order valence-corrected chi connectivity index (χ2v) is 5.93. The Balaban J connectivity index is 1.82. The monoisotopic (exact) mass is 287 g/mol. The Kier molecular flexibility index (Phi) is 5.59. The second-order valence-electron chi connectivity index (χ2n) is 5.93. The van der Waals surface area contributed by atoms with E-state index in [-0.39, 0.29) is 6.04 Å². The van der Waals surface area contributed by atoms with E-state index in [4.69, 9.17) is 4.42 Å². The van der Waals surface area contributed by atoms with Crippen molar-refractivity contribution < 1.29 is 9.52 Å². The summed E-state index contributed by atoms with van der Waals surface area (Å²) in [6.45, 7) is 6.98. The van der Waals surface area contributed by atoms with E-state index in [1.807, 2.05) is 24.3 Å². The molecule has 0 aliphatic heterocycles. The maximum absolute atomic E-state index is 10.2. The molecule has 2 unspecified atom stereocenters. The molecule has 0 saturated heterocycles. The van der Waals surface area contributed by atoms with Gasteiger partial charge >= 0.3 is 0 Å². The molecule has 21 heavy (non-hydrogen) atoms. The van der Waals surface area contributed by atoms with Gasteiger partial charge in [-0.05, 0) is 36.1 Å². The highest BCUT2D eigenvalue weighted by Gasteiger charge is 2.11. The van der Waals surface area contributed by atoms with Gasteiger partial charge < -0.3 is 14.8 Å². The summed E-state index contributed by atoms with van der Waals surface area (Å²) in [6.07, 6.45) is 2.03. The molecule has 3 nitrogen and oxygen atoms in total. The zero-order valence-electron chi connectivity index (χ0n) is 13.0. The molecule has 0 aliphatic rings. The molecule has 0 amide bonds. The van der Waals surface area contributed by atoms with Crippen LogP contribution in [0.3, 0.4) is 0 Å². The van der Waals surface area contributed by atoms with Crippen LogP contribution >= 0.6 is 0 Å². The Morgan fingerprint density at radius 3 is 2.29 bits per heavy atom. The van der Waals surface area contributed by atoms with E-state index >= 15 is 0 Å². The summed E-state index contributed by atoms with van der Waals surface area (Å²) in [7, 11) is 0. The number of aliphatic hydroxyl groups is 1. The number of nitrogens with one attached hydrogen (secondary N) is 1. The van der Waals surface area contributed by atoms with Crippen molar-refractivity contribution >= 4 is 0 Å². The first kappa shape index (κ1) is 15.8. The summed E-state index contributed by atoms with van der Waals surface area (Å²) < 4.78 is 5.33. The Labute approximate surface area is 127 Å². The molecule has 1 aromatic heterocycles. The van der Waals surface area contributed by atoms with Gasteiger partial charge in [-0.15, -0.1) is 0 Å². The minimum atomic E-state index is -0.481. The van der Waals surface area contributed by atoms with E-state index in [2.05, 4.69) is 38.2 Å². The van der Waals surface area contributed by atoms with Gasteiger partial charge in [0.1, 0.15) is 5.76 Å². The lowest BCUT2D eigenvalue weighted by molar-refractivity contribution is 0.170. The molecule has 0 fully saturated rings. The van der Waals surface area contributed by atoms with Gasteiger partial charge in [0.05, 0.1) is 12.4 Å². The minimum absolute atomic E-state index is 0.265. The molecule has 0 radical (unpaired) electrons. The SMILES string of the molecule is CC(Cc1ccco1)NCC(O)c1ccc(C(C)C)cc1. The summed E-state index contributed by atoms with van der Waals surface area (Å²) in [5.41, 5.74) is 2.25. The lowest BCUT2D eigenvalue weighted by Crippen LogP contribution is -2.31. The van der Waals surface area contributed by atoms with Crippen LogP contribution in [0.1, 0.15) is 49.7 Å². The Morgan fingerprint density at radius 1 is 1.05 bits per heavy atom. The zero-order valence-corrected chi connectivity index (χ0v) is 13.0. The first-order chi connectivity index (χ1) is 10.1. The van der Waals surface area contributed by atoms with Gasteiger partial charge in [-0.25, -0.2) is 0 Å². The molecule has 1 heterocycles. The van der Waals surface area contributed by atoms with Crippen LogP contribution in [0.2, 0.25) is 0 Å². The predicted octanol–water partition coefficient (Wildman–Crippen LogP) is 3.66. The van der Waals surface area contributed by atoms with Crippen LogP contribution in [-0.2, 0) is 6.42 Å². The molecule has 0 saturated carbocycles. The largest absolute Gasteiger partial charge is 0.469 e. The van der Waals surface area contributed by atoms with Gasteiger partial charge in [-0.3, -0.25) is 0 Å². The molecule has 3 heteroatoms. The van der Waals surface area contributed by atoms with Crippen molar-refractivity contribution in [3.8, 4) is 0 Å². The van der Waals surface area contributed by atoms with Crippen molar-refractivity contribution in [1.29, 1.82) is 0 Å². The fourth-order valence-electron chi connectivity index (χ4n) is 2.34. The number of rotatable bonds is 7. The highest BCUT2D eigenvalue weighted by Crippen LogP contribution is 2.18. The van der Waals surface area contributed by atoms with Crippen LogP contribution in [0.15, 0.2) is 47.1 Å². The standard InChI is InChI=1S/C18H25NO2/c1-13(2)15-6-8-16(9-7-15)18(20)12-19-14(3)11-17-5-4-10-21-17/h4-10,13-14,18-20H,11-12H2,1-3H3. The number of aliphatic hydroxyl groups excluding tert-OH is 1. The molecule has 2 atom stereocenters. The predicted molar refractivity (Wildman–Crippen MR) is 85.4 cm³/mol. The molecular weight excluding hydrogens is 262 g/mol. The van der Waals surface area contributed by atoms with Crippen LogP contribution in [0.5, 0.6) is 0 Å². The Morgan fingerprint density at radius 2 is 1.71 bits per heavy atom. The number of furan rings is 1. The average Bonchev–Trinajstić information content (AvgIpc) is 2.97. The summed E-state index contributed by atoms with van der Waals surface area (Å²) in [5.74, 6) is 1.48. The molecule has 0 bridgehead atoms. The number of hydrogen-bond acceptors (Lipinski definition) is 3. The fraction of sp³-hybridized carbons (Fsp3) is 0.444. The quantitative estimate of drug-likeness (QED) is 0.817. The van der Waals surface area contributed by atoms with E-state index in [9.17, 15) is 5.11 Å². The van der Waals surface area contributed by atoms with Gasteiger partial charge in [0, 0.05) is 19.0 Å². The molecular formula is C18H25NO2. The topological polar surface area (TPSA) is 45.4 Å². The van der Waals surface area contributed by atoms with Crippen LogP contribution in [-0.4, -0.2) is 17.7 Å². The molecule has 114 valence electrons. The molecule has 2 rings (SSSR count). The van der Waals surface area contributed by atoms with Crippen molar-refractivity contribution in [1.82, 2.24) is 5.32 Å². The van der Waals surface area contributed by atoms with Gasteiger partial charge in [0.25, 0.3) is 0 Å². The molecule has 2 aromatic rings. The van der Waals surface area contributed by atoms with E-state index in [1.54, 1.807) is 6.26 Å². The smallest absolute Gasteiger partial charge is 0.105 e. The van der Waals surface area contributed by atoms with Crippen molar-refractivity contribution in [2.45, 2.75) is 45.3 Å². The lowest BCUT2D eigenvalue weighted by atomic mass is 10.00. The summed E-state index contributed by atoms with van der Waals surface area (Å²) in [6, 6.07) is 12.3. The highest BCUT2D eigenvalue weighted by atomic mass is 16.3. The third-order valence-electron chi connectivity index (χ3n) is 3.74. The van der Waals surface area contributed by atoms with Gasteiger partial charge in [0.2, 0.25) is 0 Å². The first-order valence-corrected chi connectivity index (χ1v) is 7.60. The number of hydrogen-bond donors (Lipinski definition) is 2. The van der Waals surface area contributed by atoms with Gasteiger partial charge in [-0.1, -0.05) is 38.1 Å². The van der Waals surface area contributed by atoms with E-state index in [1.165, 1.54) is 5.56 Å². The summed E-state index contributed by atoms with van der Waals surface area (Å²) in [5, 5.41) is 13.6. The van der Waals surface area contributed by atoms with Crippen LogP contribution < -0.4 is 5.32 Å². The third kappa shape index (κ3) is 4.73. The zero-order chi connectivity index (χ0) is 15.2. The summed E-state index contributed by atoms with van der Waals surface area (Å²) in [4.78, 5) is 0.